The third-order valence-electron chi connectivity index (χ3n) is 4.24. The van der Waals surface area contributed by atoms with Crippen molar-refractivity contribution in [2.45, 2.75) is 13.5 Å². The number of anilines is 1. The first-order valence-corrected chi connectivity index (χ1v) is 8.57. The zero-order valence-corrected chi connectivity index (χ0v) is 15.0. The van der Waals surface area contributed by atoms with Crippen molar-refractivity contribution in [3.8, 4) is 5.69 Å². The summed E-state index contributed by atoms with van der Waals surface area (Å²) in [7, 11) is 0. The fraction of sp³-hybridized carbons (Fsp3) is 0.100. The number of halogens is 1. The molecule has 0 saturated heterocycles. The lowest BCUT2D eigenvalue weighted by Crippen LogP contribution is -2.27. The van der Waals surface area contributed by atoms with Gasteiger partial charge in [0, 0.05) is 5.69 Å². The molecule has 7 nitrogen and oxygen atoms in total. The van der Waals surface area contributed by atoms with Crippen molar-refractivity contribution in [3.05, 3.63) is 82.8 Å². The van der Waals surface area contributed by atoms with Gasteiger partial charge >= 0.3 is 0 Å². The van der Waals surface area contributed by atoms with Crippen LogP contribution in [-0.4, -0.2) is 25.2 Å². The predicted octanol–water partition coefficient (Wildman–Crippen LogP) is 2.67. The molecule has 0 fully saturated rings. The van der Waals surface area contributed by atoms with Crippen LogP contribution in [0.5, 0.6) is 0 Å². The molecular weight excluding hydrogens is 361 g/mol. The fourth-order valence-electron chi connectivity index (χ4n) is 2.91. The summed E-state index contributed by atoms with van der Waals surface area (Å²) in [6, 6.07) is 13.1. The van der Waals surface area contributed by atoms with E-state index < -0.39 is 0 Å². The van der Waals surface area contributed by atoms with Crippen LogP contribution in [-0.2, 0) is 11.3 Å². The number of aromatic nitrogens is 4. The van der Waals surface area contributed by atoms with Crippen LogP contribution in [0.2, 0.25) is 0 Å². The molecule has 1 amide bonds. The highest BCUT2D eigenvalue weighted by atomic mass is 19.1. The molecule has 0 radical (unpaired) electrons. The lowest BCUT2D eigenvalue weighted by Gasteiger charge is -2.08. The molecule has 0 saturated carbocycles. The van der Waals surface area contributed by atoms with Gasteiger partial charge in [0.2, 0.25) is 5.91 Å². The summed E-state index contributed by atoms with van der Waals surface area (Å²) in [6.07, 6.45) is 2.70. The zero-order chi connectivity index (χ0) is 19.7. The molecule has 0 unspecified atom stereocenters. The van der Waals surface area contributed by atoms with E-state index in [1.807, 2.05) is 25.1 Å². The molecule has 0 bridgehead atoms. The predicted molar refractivity (Wildman–Crippen MR) is 103 cm³/mol. The maximum Gasteiger partial charge on any atom is 0.264 e. The number of hydrogen-bond acceptors (Lipinski definition) is 4. The number of rotatable bonds is 4. The van der Waals surface area contributed by atoms with Gasteiger partial charge < -0.3 is 5.32 Å². The molecule has 28 heavy (non-hydrogen) atoms. The highest BCUT2D eigenvalue weighted by Gasteiger charge is 2.13. The number of fused-ring (bicyclic) bond motifs is 1. The molecule has 4 aromatic rings. The highest BCUT2D eigenvalue weighted by Crippen LogP contribution is 2.14. The molecule has 2 heterocycles. The van der Waals surface area contributed by atoms with Crippen molar-refractivity contribution in [2.75, 3.05) is 5.32 Å². The van der Waals surface area contributed by atoms with Crippen molar-refractivity contribution in [1.82, 2.24) is 19.3 Å². The van der Waals surface area contributed by atoms with E-state index >= 15 is 0 Å². The van der Waals surface area contributed by atoms with Crippen LogP contribution in [0.25, 0.3) is 16.7 Å². The summed E-state index contributed by atoms with van der Waals surface area (Å²) in [6.45, 7) is 1.76. The van der Waals surface area contributed by atoms with Crippen molar-refractivity contribution in [1.29, 1.82) is 0 Å². The minimum atomic E-state index is -0.377. The smallest absolute Gasteiger partial charge is 0.264 e. The lowest BCUT2D eigenvalue weighted by molar-refractivity contribution is -0.116. The van der Waals surface area contributed by atoms with Gasteiger partial charge in [0.1, 0.15) is 24.1 Å². The van der Waals surface area contributed by atoms with Crippen LogP contribution >= 0.6 is 0 Å². The summed E-state index contributed by atoms with van der Waals surface area (Å²) in [5.41, 5.74) is 2.23. The van der Waals surface area contributed by atoms with E-state index in [1.165, 1.54) is 33.9 Å². The first kappa shape index (κ1) is 17.6. The lowest BCUT2D eigenvalue weighted by atomic mass is 10.2. The van der Waals surface area contributed by atoms with Crippen LogP contribution in [0.4, 0.5) is 10.1 Å². The van der Waals surface area contributed by atoms with Gasteiger partial charge in [-0.25, -0.2) is 14.1 Å². The van der Waals surface area contributed by atoms with Gasteiger partial charge in [-0.1, -0.05) is 12.1 Å². The fourth-order valence-corrected chi connectivity index (χ4v) is 2.91. The van der Waals surface area contributed by atoms with E-state index in [-0.39, 0.29) is 29.2 Å². The molecule has 2 aromatic heterocycles. The Morgan fingerprint density at radius 3 is 2.71 bits per heavy atom. The molecule has 0 spiro atoms. The van der Waals surface area contributed by atoms with Gasteiger partial charge in [0.25, 0.3) is 5.56 Å². The number of hydrogen-bond donors (Lipinski definition) is 1. The van der Waals surface area contributed by atoms with Crippen LogP contribution in [0.3, 0.4) is 0 Å². The van der Waals surface area contributed by atoms with E-state index in [4.69, 9.17) is 0 Å². The minimum Gasteiger partial charge on any atom is -0.325 e. The Labute approximate surface area is 159 Å². The molecule has 1 N–H and O–H groups in total. The first-order valence-electron chi connectivity index (χ1n) is 8.57. The summed E-state index contributed by atoms with van der Waals surface area (Å²) < 4.78 is 15.8. The second-order valence-electron chi connectivity index (χ2n) is 6.37. The number of carbonyl (C=O) groups excluding carboxylic acids is 1. The van der Waals surface area contributed by atoms with Crippen molar-refractivity contribution < 1.29 is 9.18 Å². The standard InChI is InChI=1S/C20H16FN5O2/c1-13-3-2-4-15(9-13)24-18(27)11-25-12-22-19-17(20(25)28)10-23-26(19)16-7-5-14(21)6-8-16/h2-10,12H,11H2,1H3,(H,24,27). The Morgan fingerprint density at radius 2 is 1.96 bits per heavy atom. The van der Waals surface area contributed by atoms with Crippen LogP contribution < -0.4 is 10.9 Å². The first-order chi connectivity index (χ1) is 13.5. The Hall–Kier alpha value is -3.81. The largest absolute Gasteiger partial charge is 0.325 e. The maximum absolute atomic E-state index is 13.1. The number of nitrogens with one attached hydrogen (secondary N) is 1. The zero-order valence-electron chi connectivity index (χ0n) is 15.0. The van der Waals surface area contributed by atoms with E-state index in [2.05, 4.69) is 15.4 Å². The van der Waals surface area contributed by atoms with Crippen LogP contribution in [0.1, 0.15) is 5.56 Å². The van der Waals surface area contributed by atoms with Gasteiger partial charge in [0.15, 0.2) is 5.65 Å². The SMILES string of the molecule is Cc1cccc(NC(=O)Cn2cnc3c(cnn3-c3ccc(F)cc3)c2=O)c1. The molecule has 140 valence electrons. The molecule has 0 aliphatic rings. The third kappa shape index (κ3) is 3.39. The van der Waals surface area contributed by atoms with E-state index in [9.17, 15) is 14.0 Å². The minimum absolute atomic E-state index is 0.169. The van der Waals surface area contributed by atoms with Crippen LogP contribution in [0, 0.1) is 12.7 Å². The summed E-state index contributed by atoms with van der Waals surface area (Å²) in [5.74, 6) is -0.699. The van der Waals surface area contributed by atoms with Crippen molar-refractivity contribution in [2.24, 2.45) is 0 Å². The van der Waals surface area contributed by atoms with Gasteiger partial charge in [0.05, 0.1) is 11.9 Å². The molecule has 2 aromatic carbocycles. The molecule has 0 aliphatic carbocycles. The second kappa shape index (κ2) is 7.07. The van der Waals surface area contributed by atoms with Gasteiger partial charge in [-0.3, -0.25) is 14.2 Å². The van der Waals surface area contributed by atoms with E-state index in [1.54, 1.807) is 18.2 Å². The number of benzene rings is 2. The molecule has 8 heteroatoms. The summed E-state index contributed by atoms with van der Waals surface area (Å²) >= 11 is 0. The summed E-state index contributed by atoms with van der Waals surface area (Å²) in [5, 5.41) is 7.20. The Bertz CT molecular complexity index is 1230. The Balaban J connectivity index is 1.61. The number of amides is 1. The number of aryl methyl sites for hydroxylation is 1. The number of nitrogens with zero attached hydrogens (tertiary/aromatic N) is 4. The van der Waals surface area contributed by atoms with Gasteiger partial charge in [-0.05, 0) is 48.9 Å². The number of carbonyl (C=O) groups is 1. The third-order valence-corrected chi connectivity index (χ3v) is 4.24. The maximum atomic E-state index is 13.1. The van der Waals surface area contributed by atoms with E-state index in [0.717, 1.165) is 5.56 Å². The van der Waals surface area contributed by atoms with E-state index in [0.29, 0.717) is 17.0 Å². The second-order valence-corrected chi connectivity index (χ2v) is 6.37. The van der Waals surface area contributed by atoms with Crippen molar-refractivity contribution >= 4 is 22.6 Å². The molecular formula is C20H16FN5O2. The quantitative estimate of drug-likeness (QED) is 0.593. The normalized spacial score (nSPS) is 10.9. The van der Waals surface area contributed by atoms with Crippen molar-refractivity contribution in [3.63, 3.8) is 0 Å². The van der Waals surface area contributed by atoms with Crippen LogP contribution in [0.15, 0.2) is 65.8 Å². The molecule has 0 atom stereocenters. The average Bonchev–Trinajstić information content (AvgIpc) is 3.09. The monoisotopic (exact) mass is 377 g/mol. The average molecular weight is 377 g/mol. The topological polar surface area (TPSA) is 81.8 Å². The van der Waals surface area contributed by atoms with Gasteiger partial charge in [-0.15, -0.1) is 0 Å². The Morgan fingerprint density at radius 1 is 1.18 bits per heavy atom. The molecule has 4 rings (SSSR count). The highest BCUT2D eigenvalue weighted by molar-refractivity contribution is 5.90. The summed E-state index contributed by atoms with van der Waals surface area (Å²) in [4.78, 5) is 29.2. The molecule has 0 aliphatic heterocycles. The Kier molecular flexibility index (Phi) is 4.44. The van der Waals surface area contributed by atoms with Gasteiger partial charge in [-0.2, -0.15) is 5.10 Å².